The number of nitrogens with zero attached hydrogens (tertiary/aromatic N) is 2. The summed E-state index contributed by atoms with van der Waals surface area (Å²) >= 11 is 0. The van der Waals surface area contributed by atoms with Gasteiger partial charge in [0.15, 0.2) is 0 Å². The van der Waals surface area contributed by atoms with Gasteiger partial charge in [-0.05, 0) is 50.7 Å². The number of hydrogen-bond donors (Lipinski definition) is 1. The molecule has 176 valence electrons. The maximum atomic E-state index is 13.4. The van der Waals surface area contributed by atoms with Crippen molar-refractivity contribution in [2.75, 3.05) is 52.5 Å². The molecule has 3 aliphatic rings. The van der Waals surface area contributed by atoms with Crippen LogP contribution in [0.4, 0.5) is 0 Å². The Hall–Kier alpha value is -2.12. The van der Waals surface area contributed by atoms with E-state index in [9.17, 15) is 9.59 Å². The lowest BCUT2D eigenvalue weighted by Gasteiger charge is -2.42. The first-order valence-electron chi connectivity index (χ1n) is 12.2. The SMILES string of the molecule is C[C@@H]1COc2ccccc2CCCCC2(CCN(C(=O)CN3CCOCC3)CC2)C(=O)N1. The van der Waals surface area contributed by atoms with Crippen LogP contribution in [0.2, 0.25) is 0 Å². The lowest BCUT2D eigenvalue weighted by atomic mass is 9.73. The average molecular weight is 444 g/mol. The Bertz CT molecular complexity index is 785. The van der Waals surface area contributed by atoms with Gasteiger partial charge in [0.2, 0.25) is 11.8 Å². The molecule has 0 aliphatic carbocycles. The van der Waals surface area contributed by atoms with Crippen LogP contribution in [0.25, 0.3) is 0 Å². The molecule has 7 nitrogen and oxygen atoms in total. The first-order valence-corrected chi connectivity index (χ1v) is 12.2. The van der Waals surface area contributed by atoms with Crippen LogP contribution < -0.4 is 10.1 Å². The topological polar surface area (TPSA) is 71.1 Å². The molecule has 7 heteroatoms. The minimum absolute atomic E-state index is 0.0622. The number of carbonyl (C=O) groups is 2. The zero-order chi connectivity index (χ0) is 22.4. The van der Waals surface area contributed by atoms with E-state index in [1.807, 2.05) is 24.0 Å². The maximum absolute atomic E-state index is 13.4. The van der Waals surface area contributed by atoms with Gasteiger partial charge in [0, 0.05) is 26.2 Å². The van der Waals surface area contributed by atoms with Crippen LogP contribution in [-0.2, 0) is 20.7 Å². The number of rotatable bonds is 2. The summed E-state index contributed by atoms with van der Waals surface area (Å²) in [7, 11) is 0. The largest absolute Gasteiger partial charge is 0.491 e. The quantitative estimate of drug-likeness (QED) is 0.759. The Morgan fingerprint density at radius 2 is 1.84 bits per heavy atom. The number of fused-ring (bicyclic) bond motifs is 1. The van der Waals surface area contributed by atoms with E-state index >= 15 is 0 Å². The van der Waals surface area contributed by atoms with Crippen molar-refractivity contribution in [2.45, 2.75) is 51.5 Å². The number of para-hydroxylation sites is 1. The highest BCUT2D eigenvalue weighted by Crippen LogP contribution is 2.38. The molecule has 0 bridgehead atoms. The van der Waals surface area contributed by atoms with Gasteiger partial charge < -0.3 is 19.7 Å². The molecular weight excluding hydrogens is 406 g/mol. The Balaban J connectivity index is 1.37. The van der Waals surface area contributed by atoms with Crippen molar-refractivity contribution in [1.29, 1.82) is 0 Å². The summed E-state index contributed by atoms with van der Waals surface area (Å²) in [4.78, 5) is 30.3. The zero-order valence-corrected chi connectivity index (χ0v) is 19.3. The third kappa shape index (κ3) is 5.62. The summed E-state index contributed by atoms with van der Waals surface area (Å²) in [5.41, 5.74) is 0.854. The Labute approximate surface area is 191 Å². The lowest BCUT2D eigenvalue weighted by molar-refractivity contribution is -0.142. The highest BCUT2D eigenvalue weighted by Gasteiger charge is 2.42. The summed E-state index contributed by atoms with van der Waals surface area (Å²) in [5.74, 6) is 1.23. The molecule has 0 aromatic heterocycles. The second kappa shape index (κ2) is 10.7. The number of nitrogens with one attached hydrogen (secondary N) is 1. The van der Waals surface area contributed by atoms with Gasteiger partial charge >= 0.3 is 0 Å². The van der Waals surface area contributed by atoms with Crippen molar-refractivity contribution >= 4 is 11.8 Å². The fourth-order valence-electron chi connectivity index (χ4n) is 5.09. The smallest absolute Gasteiger partial charge is 0.236 e. The van der Waals surface area contributed by atoms with Crippen LogP contribution in [0.15, 0.2) is 24.3 Å². The third-order valence-electron chi connectivity index (χ3n) is 7.21. The number of amides is 2. The van der Waals surface area contributed by atoms with Crippen molar-refractivity contribution in [3.05, 3.63) is 29.8 Å². The van der Waals surface area contributed by atoms with Crippen molar-refractivity contribution in [2.24, 2.45) is 5.41 Å². The molecule has 2 amide bonds. The first-order chi connectivity index (χ1) is 15.6. The van der Waals surface area contributed by atoms with Crippen molar-refractivity contribution in [1.82, 2.24) is 15.1 Å². The molecule has 0 unspecified atom stereocenters. The fraction of sp³-hybridized carbons (Fsp3) is 0.680. The molecule has 0 radical (unpaired) electrons. The summed E-state index contributed by atoms with van der Waals surface area (Å²) in [6.07, 6.45) is 5.34. The number of likely N-dealkylation sites (tertiary alicyclic amines) is 1. The highest BCUT2D eigenvalue weighted by atomic mass is 16.5. The van der Waals surface area contributed by atoms with Gasteiger partial charge in [-0.25, -0.2) is 0 Å². The van der Waals surface area contributed by atoms with Crippen molar-refractivity contribution in [3.63, 3.8) is 0 Å². The predicted molar refractivity (Wildman–Crippen MR) is 123 cm³/mol. The van der Waals surface area contributed by atoms with Gasteiger partial charge in [-0.3, -0.25) is 14.5 Å². The van der Waals surface area contributed by atoms with Crippen LogP contribution in [-0.4, -0.2) is 80.2 Å². The van der Waals surface area contributed by atoms with E-state index in [1.165, 1.54) is 5.56 Å². The molecule has 1 N–H and O–H groups in total. The van der Waals surface area contributed by atoms with Crippen molar-refractivity contribution in [3.8, 4) is 5.75 Å². The van der Waals surface area contributed by atoms with Gasteiger partial charge in [-0.2, -0.15) is 0 Å². The molecule has 3 heterocycles. The van der Waals surface area contributed by atoms with Crippen LogP contribution in [0, 0.1) is 5.41 Å². The molecule has 4 rings (SSSR count). The molecule has 2 fully saturated rings. The maximum Gasteiger partial charge on any atom is 0.236 e. The zero-order valence-electron chi connectivity index (χ0n) is 19.3. The number of hydrogen-bond acceptors (Lipinski definition) is 5. The second-order valence-electron chi connectivity index (χ2n) is 9.55. The first kappa shape index (κ1) is 23.1. The molecule has 0 saturated carbocycles. The van der Waals surface area contributed by atoms with E-state index in [4.69, 9.17) is 9.47 Å². The molecule has 32 heavy (non-hydrogen) atoms. The summed E-state index contributed by atoms with van der Waals surface area (Å²) in [5, 5.41) is 3.21. The van der Waals surface area contributed by atoms with Crippen LogP contribution in [0.5, 0.6) is 5.75 Å². The Morgan fingerprint density at radius 1 is 1.09 bits per heavy atom. The van der Waals surface area contributed by atoms with E-state index in [-0.39, 0.29) is 23.3 Å². The number of ether oxygens (including phenoxy) is 2. The molecule has 2 saturated heterocycles. The molecule has 1 aromatic rings. The van der Waals surface area contributed by atoms with Crippen LogP contribution in [0.1, 0.15) is 44.6 Å². The number of morpholine rings is 1. The van der Waals surface area contributed by atoms with E-state index in [0.717, 1.165) is 57.4 Å². The molecule has 1 spiro atoms. The Morgan fingerprint density at radius 3 is 2.62 bits per heavy atom. The predicted octanol–water partition coefficient (Wildman–Crippen LogP) is 2.24. The number of benzene rings is 1. The van der Waals surface area contributed by atoms with E-state index in [0.29, 0.717) is 39.5 Å². The normalized spacial score (nSPS) is 25.1. The molecular formula is C25H37N3O4. The molecule has 1 atom stereocenters. The molecule has 3 aliphatic heterocycles. The number of piperidine rings is 1. The van der Waals surface area contributed by atoms with Gasteiger partial charge in [-0.15, -0.1) is 0 Å². The fourth-order valence-corrected chi connectivity index (χ4v) is 5.09. The van der Waals surface area contributed by atoms with E-state index < -0.39 is 0 Å². The van der Waals surface area contributed by atoms with Gasteiger partial charge in [0.05, 0.1) is 31.2 Å². The lowest BCUT2D eigenvalue weighted by Crippen LogP contribution is -2.54. The van der Waals surface area contributed by atoms with Gasteiger partial charge in [0.25, 0.3) is 0 Å². The Kier molecular flexibility index (Phi) is 7.68. The number of carbonyl (C=O) groups excluding carboxylic acids is 2. The van der Waals surface area contributed by atoms with Crippen molar-refractivity contribution < 1.29 is 19.1 Å². The van der Waals surface area contributed by atoms with Gasteiger partial charge in [-0.1, -0.05) is 24.6 Å². The van der Waals surface area contributed by atoms with Crippen LogP contribution in [0.3, 0.4) is 0 Å². The minimum atomic E-state index is -0.386. The van der Waals surface area contributed by atoms with E-state index in [2.05, 4.69) is 22.3 Å². The standard InChI is InChI=1S/C25H37N3O4/c1-20-19-32-22-8-3-2-6-21(22)7-4-5-9-25(24(30)26-20)10-12-28(13-11-25)23(29)18-27-14-16-31-17-15-27/h2-3,6,8,20H,4-5,7,9-19H2,1H3,(H,26,30)/t20-/m1/s1. The summed E-state index contributed by atoms with van der Waals surface area (Å²) in [6.45, 7) is 7.25. The second-order valence-corrected chi connectivity index (χ2v) is 9.55. The molecule has 1 aromatic carbocycles. The van der Waals surface area contributed by atoms with E-state index in [1.54, 1.807) is 0 Å². The summed E-state index contributed by atoms with van der Waals surface area (Å²) in [6, 6.07) is 8.15. The monoisotopic (exact) mass is 443 g/mol. The van der Waals surface area contributed by atoms with Crippen LogP contribution >= 0.6 is 0 Å². The average Bonchev–Trinajstić information content (AvgIpc) is 2.81. The van der Waals surface area contributed by atoms with Gasteiger partial charge in [0.1, 0.15) is 12.4 Å². The third-order valence-corrected chi connectivity index (χ3v) is 7.21. The summed E-state index contributed by atoms with van der Waals surface area (Å²) < 4.78 is 11.4. The number of aryl methyl sites for hydroxylation is 1. The minimum Gasteiger partial charge on any atom is -0.491 e. The highest BCUT2D eigenvalue weighted by molar-refractivity contribution is 5.84.